The van der Waals surface area contributed by atoms with E-state index in [0.717, 1.165) is 23.1 Å². The zero-order valence-corrected chi connectivity index (χ0v) is 15.5. The van der Waals surface area contributed by atoms with Gasteiger partial charge in [0.2, 0.25) is 15.9 Å². The highest BCUT2D eigenvalue weighted by Crippen LogP contribution is 2.21. The number of aromatic nitrogens is 1. The normalized spacial score (nSPS) is 11.2. The Morgan fingerprint density at radius 1 is 1.16 bits per heavy atom. The number of rotatable bonds is 7. The van der Waals surface area contributed by atoms with E-state index in [2.05, 4.69) is 10.3 Å². The fourth-order valence-electron chi connectivity index (χ4n) is 2.56. The van der Waals surface area contributed by atoms with Gasteiger partial charge in [0.15, 0.2) is 0 Å². The number of pyridine rings is 1. The predicted molar refractivity (Wildman–Crippen MR) is 98.8 cm³/mol. The molecule has 0 saturated heterocycles. The van der Waals surface area contributed by atoms with Crippen LogP contribution in [0.3, 0.4) is 0 Å². The Kier molecular flexibility index (Phi) is 6.14. The van der Waals surface area contributed by atoms with E-state index in [9.17, 15) is 13.2 Å². The maximum Gasteiger partial charge on any atom is 0.232 e. The fourth-order valence-corrected chi connectivity index (χ4v) is 3.48. The van der Waals surface area contributed by atoms with Gasteiger partial charge in [0.1, 0.15) is 0 Å². The third kappa shape index (κ3) is 5.86. The molecule has 0 radical (unpaired) electrons. The van der Waals surface area contributed by atoms with Gasteiger partial charge < -0.3 is 5.32 Å². The lowest BCUT2D eigenvalue weighted by atomic mass is 10.1. The van der Waals surface area contributed by atoms with E-state index in [1.807, 2.05) is 32.0 Å². The summed E-state index contributed by atoms with van der Waals surface area (Å²) in [5.41, 5.74) is 3.29. The van der Waals surface area contributed by atoms with Crippen molar-refractivity contribution in [2.75, 3.05) is 17.1 Å². The lowest BCUT2D eigenvalue weighted by molar-refractivity contribution is -0.121. The largest absolute Gasteiger partial charge is 0.350 e. The molecule has 1 aromatic carbocycles. The van der Waals surface area contributed by atoms with Crippen molar-refractivity contribution in [1.29, 1.82) is 0 Å². The summed E-state index contributed by atoms with van der Waals surface area (Å²) < 4.78 is 25.5. The molecular formula is C18H23N3O3S. The van der Waals surface area contributed by atoms with Crippen molar-refractivity contribution in [3.63, 3.8) is 0 Å². The number of carbonyl (C=O) groups is 1. The number of hydrogen-bond acceptors (Lipinski definition) is 4. The van der Waals surface area contributed by atoms with Gasteiger partial charge in [0.25, 0.3) is 0 Å². The minimum atomic E-state index is -3.47. The third-order valence-corrected chi connectivity index (χ3v) is 4.82. The predicted octanol–water partition coefficient (Wildman–Crippen LogP) is 2.17. The van der Waals surface area contributed by atoms with Crippen LogP contribution in [-0.2, 0) is 21.4 Å². The van der Waals surface area contributed by atoms with Crippen LogP contribution in [-0.4, -0.2) is 32.1 Å². The maximum absolute atomic E-state index is 12.1. The Labute approximate surface area is 148 Å². The van der Waals surface area contributed by atoms with E-state index in [-0.39, 0.29) is 18.9 Å². The molecule has 1 heterocycles. The summed E-state index contributed by atoms with van der Waals surface area (Å²) in [6.07, 6.45) is 2.89. The Morgan fingerprint density at radius 3 is 2.40 bits per heavy atom. The van der Waals surface area contributed by atoms with E-state index in [1.165, 1.54) is 4.31 Å². The van der Waals surface area contributed by atoms with Crippen molar-refractivity contribution >= 4 is 21.6 Å². The Bertz CT molecular complexity index is 816. The van der Waals surface area contributed by atoms with Crippen LogP contribution in [0, 0.1) is 13.8 Å². The summed E-state index contributed by atoms with van der Waals surface area (Å²) >= 11 is 0. The molecule has 0 unspecified atom stereocenters. The average Bonchev–Trinajstić information content (AvgIpc) is 2.52. The van der Waals surface area contributed by atoms with Gasteiger partial charge in [0.05, 0.1) is 24.2 Å². The van der Waals surface area contributed by atoms with Crippen LogP contribution >= 0.6 is 0 Å². The van der Waals surface area contributed by atoms with Gasteiger partial charge in [-0.25, -0.2) is 8.42 Å². The monoisotopic (exact) mass is 361 g/mol. The number of aryl methyl sites for hydroxylation is 2. The smallest absolute Gasteiger partial charge is 0.232 e. The zero-order valence-electron chi connectivity index (χ0n) is 14.7. The first-order valence-electron chi connectivity index (χ1n) is 7.98. The molecule has 1 aromatic heterocycles. The Morgan fingerprint density at radius 2 is 1.84 bits per heavy atom. The quantitative estimate of drug-likeness (QED) is 0.820. The highest BCUT2D eigenvalue weighted by atomic mass is 32.2. The summed E-state index contributed by atoms with van der Waals surface area (Å²) in [5.74, 6) is -0.219. The van der Waals surface area contributed by atoms with Crippen molar-refractivity contribution in [3.05, 3.63) is 59.4 Å². The Balaban J connectivity index is 2.02. The zero-order chi connectivity index (χ0) is 18.4. The first-order chi connectivity index (χ1) is 11.8. The van der Waals surface area contributed by atoms with Crippen LogP contribution in [0.5, 0.6) is 0 Å². The first-order valence-corrected chi connectivity index (χ1v) is 9.83. The minimum absolute atomic E-state index is 0.0763. The number of sulfonamides is 1. The van der Waals surface area contributed by atoms with Gasteiger partial charge in [-0.15, -0.1) is 0 Å². The van der Waals surface area contributed by atoms with Gasteiger partial charge in [0, 0.05) is 19.2 Å². The second-order valence-corrected chi connectivity index (χ2v) is 7.94. The molecule has 1 amide bonds. The van der Waals surface area contributed by atoms with E-state index < -0.39 is 10.0 Å². The standard InChI is InChI=1S/C18H23N3O3S/c1-14-10-15(2)12-17(11-14)21(25(3,23)24)9-7-18(22)20-13-16-6-4-5-8-19-16/h4-6,8,10-12H,7,9,13H2,1-3H3,(H,20,22). The summed E-state index contributed by atoms with van der Waals surface area (Å²) in [5, 5.41) is 2.76. The number of anilines is 1. The second kappa shape index (κ2) is 8.11. The van der Waals surface area contributed by atoms with Crippen molar-refractivity contribution < 1.29 is 13.2 Å². The van der Waals surface area contributed by atoms with Crippen molar-refractivity contribution in [3.8, 4) is 0 Å². The topological polar surface area (TPSA) is 79.4 Å². The molecule has 1 N–H and O–H groups in total. The first kappa shape index (κ1) is 18.9. The average molecular weight is 361 g/mol. The van der Waals surface area contributed by atoms with E-state index in [1.54, 1.807) is 24.4 Å². The van der Waals surface area contributed by atoms with Gasteiger partial charge >= 0.3 is 0 Å². The highest BCUT2D eigenvalue weighted by molar-refractivity contribution is 7.92. The highest BCUT2D eigenvalue weighted by Gasteiger charge is 2.19. The molecule has 0 bridgehead atoms. The molecule has 7 heteroatoms. The molecule has 0 aliphatic carbocycles. The third-order valence-electron chi connectivity index (χ3n) is 3.63. The molecule has 2 rings (SSSR count). The number of carbonyl (C=O) groups excluding carboxylic acids is 1. The number of nitrogens with one attached hydrogen (secondary N) is 1. The molecule has 134 valence electrons. The van der Waals surface area contributed by atoms with Crippen LogP contribution in [0.2, 0.25) is 0 Å². The molecular weight excluding hydrogens is 338 g/mol. The lowest BCUT2D eigenvalue weighted by Gasteiger charge is -2.23. The van der Waals surface area contributed by atoms with Crippen LogP contribution in [0.1, 0.15) is 23.2 Å². The fraction of sp³-hybridized carbons (Fsp3) is 0.333. The molecule has 25 heavy (non-hydrogen) atoms. The summed E-state index contributed by atoms with van der Waals surface area (Å²) in [4.78, 5) is 16.2. The van der Waals surface area contributed by atoms with E-state index in [4.69, 9.17) is 0 Å². The number of hydrogen-bond donors (Lipinski definition) is 1. The Hall–Kier alpha value is -2.41. The van der Waals surface area contributed by atoms with Crippen LogP contribution < -0.4 is 9.62 Å². The van der Waals surface area contributed by atoms with E-state index in [0.29, 0.717) is 12.2 Å². The van der Waals surface area contributed by atoms with E-state index >= 15 is 0 Å². The van der Waals surface area contributed by atoms with Crippen molar-refractivity contribution in [2.24, 2.45) is 0 Å². The van der Waals surface area contributed by atoms with Crippen LogP contribution in [0.25, 0.3) is 0 Å². The second-order valence-electron chi connectivity index (χ2n) is 6.03. The summed E-state index contributed by atoms with van der Waals surface area (Å²) in [7, 11) is -3.47. The van der Waals surface area contributed by atoms with Gasteiger partial charge in [-0.1, -0.05) is 12.1 Å². The van der Waals surface area contributed by atoms with Crippen molar-refractivity contribution in [1.82, 2.24) is 10.3 Å². The van der Waals surface area contributed by atoms with Gasteiger partial charge in [-0.3, -0.25) is 14.1 Å². The maximum atomic E-state index is 12.1. The number of nitrogens with zero attached hydrogens (tertiary/aromatic N) is 2. The number of benzene rings is 1. The van der Waals surface area contributed by atoms with Crippen LogP contribution in [0.15, 0.2) is 42.6 Å². The molecule has 0 aliphatic rings. The minimum Gasteiger partial charge on any atom is -0.350 e. The van der Waals surface area contributed by atoms with Crippen molar-refractivity contribution in [2.45, 2.75) is 26.8 Å². The summed E-state index contributed by atoms with van der Waals surface area (Å²) in [6, 6.07) is 11.1. The molecule has 0 aliphatic heterocycles. The van der Waals surface area contributed by atoms with Gasteiger partial charge in [-0.2, -0.15) is 0 Å². The molecule has 0 saturated carbocycles. The van der Waals surface area contributed by atoms with Gasteiger partial charge in [-0.05, 0) is 49.2 Å². The molecule has 0 fully saturated rings. The summed E-state index contributed by atoms with van der Waals surface area (Å²) in [6.45, 7) is 4.24. The molecule has 2 aromatic rings. The molecule has 0 spiro atoms. The SMILES string of the molecule is Cc1cc(C)cc(N(CCC(=O)NCc2ccccn2)S(C)(=O)=O)c1. The van der Waals surface area contributed by atoms with Crippen LogP contribution in [0.4, 0.5) is 5.69 Å². The lowest BCUT2D eigenvalue weighted by Crippen LogP contribution is -2.34. The molecule has 6 nitrogen and oxygen atoms in total. The molecule has 0 atom stereocenters. The number of amides is 1.